The Kier molecular flexibility index (Phi) is 4.23. The lowest BCUT2D eigenvalue weighted by Crippen LogP contribution is -2.33. The van der Waals surface area contributed by atoms with Crippen LogP contribution in [0.15, 0.2) is 40.1 Å². The van der Waals surface area contributed by atoms with Gasteiger partial charge in [0, 0.05) is 29.2 Å². The molecule has 1 aromatic carbocycles. The first kappa shape index (κ1) is 17.7. The number of ketones is 1. The van der Waals surface area contributed by atoms with Crippen molar-refractivity contribution in [1.82, 2.24) is 14.5 Å². The monoisotopic (exact) mass is 383 g/mol. The average Bonchev–Trinajstić information content (AvgIpc) is 2.60. The number of hydrogen-bond acceptors (Lipinski definition) is 4. The topological polar surface area (TPSA) is 84.8 Å². The number of carbonyl (C=O) groups is 1. The highest BCUT2D eigenvalue weighted by Gasteiger charge is 2.30. The quantitative estimate of drug-likeness (QED) is 0.736. The third-order valence-corrected chi connectivity index (χ3v) is 5.32. The minimum atomic E-state index is -0.504. The van der Waals surface area contributed by atoms with Crippen molar-refractivity contribution in [1.29, 1.82) is 0 Å². The van der Waals surface area contributed by atoms with Gasteiger partial charge >= 0.3 is 5.69 Å². The number of nitrogens with zero attached hydrogens (tertiary/aromatic N) is 2. The second-order valence-electron chi connectivity index (χ2n) is 7.16. The Morgan fingerprint density at radius 1 is 1.22 bits per heavy atom. The van der Waals surface area contributed by atoms with Crippen LogP contribution < -0.4 is 11.2 Å². The van der Waals surface area contributed by atoms with E-state index in [1.54, 1.807) is 6.07 Å². The van der Waals surface area contributed by atoms with E-state index in [-0.39, 0.29) is 17.7 Å². The number of benzene rings is 1. The number of carbonyl (C=O) groups excluding carboxylic acids is 1. The highest BCUT2D eigenvalue weighted by Crippen LogP contribution is 2.35. The number of rotatable bonds is 2. The molecule has 2 aromatic heterocycles. The van der Waals surface area contributed by atoms with Gasteiger partial charge in [0.1, 0.15) is 5.65 Å². The van der Waals surface area contributed by atoms with Gasteiger partial charge in [-0.25, -0.2) is 9.78 Å². The van der Waals surface area contributed by atoms with E-state index in [1.807, 2.05) is 32.0 Å². The van der Waals surface area contributed by atoms with Crippen molar-refractivity contribution >= 4 is 28.4 Å². The molecule has 2 heterocycles. The summed E-state index contributed by atoms with van der Waals surface area (Å²) >= 11 is 6.11. The summed E-state index contributed by atoms with van der Waals surface area (Å²) in [6.45, 7) is 3.69. The van der Waals surface area contributed by atoms with E-state index in [1.165, 1.54) is 10.8 Å². The lowest BCUT2D eigenvalue weighted by molar-refractivity contribution is 0.0964. The molecule has 0 fully saturated rings. The molecule has 1 N–H and O–H groups in total. The van der Waals surface area contributed by atoms with Gasteiger partial charge in [0.25, 0.3) is 5.56 Å². The fraction of sp³-hybridized carbons (Fsp3) is 0.300. The van der Waals surface area contributed by atoms with Crippen LogP contribution in [0.1, 0.15) is 53.7 Å². The molecule has 0 radical (unpaired) electrons. The Morgan fingerprint density at radius 2 is 2.00 bits per heavy atom. The molecule has 3 aromatic rings. The molecule has 0 aliphatic heterocycles. The van der Waals surface area contributed by atoms with Gasteiger partial charge in [0.15, 0.2) is 5.78 Å². The van der Waals surface area contributed by atoms with Gasteiger partial charge in [0.2, 0.25) is 0 Å². The minimum absolute atomic E-state index is 0.0580. The van der Waals surface area contributed by atoms with Gasteiger partial charge in [-0.05, 0) is 49.4 Å². The zero-order valence-corrected chi connectivity index (χ0v) is 15.7. The summed E-state index contributed by atoms with van der Waals surface area (Å²) in [5, 5.41) is 0.928. The fourth-order valence-electron chi connectivity index (χ4n) is 3.85. The normalized spacial score (nSPS) is 16.7. The summed E-state index contributed by atoms with van der Waals surface area (Å²) < 4.78 is 1.45. The summed E-state index contributed by atoms with van der Waals surface area (Å²) in [4.78, 5) is 44.3. The largest absolute Gasteiger partial charge is 0.330 e. The number of Topliss-reactive ketones (excluding diaryl/α,β-unsaturated/α-hetero) is 1. The second kappa shape index (κ2) is 6.46. The van der Waals surface area contributed by atoms with Crippen molar-refractivity contribution in [3.8, 4) is 0 Å². The molecule has 0 saturated carbocycles. The Hall–Kier alpha value is -2.73. The fourth-order valence-corrected chi connectivity index (χ4v) is 4.05. The predicted octanol–water partition coefficient (Wildman–Crippen LogP) is 3.23. The van der Waals surface area contributed by atoms with Crippen LogP contribution in [-0.4, -0.2) is 20.3 Å². The Bertz CT molecular complexity index is 1190. The van der Waals surface area contributed by atoms with Crippen molar-refractivity contribution in [2.24, 2.45) is 0 Å². The molecule has 0 spiro atoms. The number of pyridine rings is 1. The molecule has 1 aliphatic carbocycles. The average molecular weight is 384 g/mol. The molecule has 6 nitrogen and oxygen atoms in total. The standard InChI is InChI=1S/C20H18ClN3O3/c1-10(2)24-18-17(19(26)23-20(24)27)14-7-12(8-16(25)15(14)9-22-18)11-4-3-5-13(21)6-11/h3-6,9-10,12H,7-8H2,1-2H3,(H,23,26,27). The van der Waals surface area contributed by atoms with Crippen LogP contribution in [0.25, 0.3) is 11.0 Å². The van der Waals surface area contributed by atoms with Crippen molar-refractivity contribution in [2.45, 2.75) is 38.6 Å². The maximum absolute atomic E-state index is 12.7. The molecular formula is C20H18ClN3O3. The molecule has 7 heteroatoms. The third kappa shape index (κ3) is 2.90. The molecule has 0 bridgehead atoms. The van der Waals surface area contributed by atoms with Crippen LogP contribution in [0.4, 0.5) is 0 Å². The number of aromatic nitrogens is 3. The predicted molar refractivity (Wildman–Crippen MR) is 104 cm³/mol. The number of fused-ring (bicyclic) bond motifs is 3. The molecule has 1 atom stereocenters. The Balaban J connectivity index is 1.97. The Labute approximate surface area is 159 Å². The van der Waals surface area contributed by atoms with Gasteiger partial charge in [-0.1, -0.05) is 23.7 Å². The molecule has 1 aliphatic rings. The van der Waals surface area contributed by atoms with Crippen LogP contribution in [0.2, 0.25) is 5.02 Å². The van der Waals surface area contributed by atoms with E-state index in [0.29, 0.717) is 40.0 Å². The van der Waals surface area contributed by atoms with Crippen molar-refractivity contribution in [2.75, 3.05) is 0 Å². The molecular weight excluding hydrogens is 366 g/mol. The van der Waals surface area contributed by atoms with Gasteiger partial charge in [0.05, 0.1) is 5.39 Å². The highest BCUT2D eigenvalue weighted by atomic mass is 35.5. The lowest BCUT2D eigenvalue weighted by atomic mass is 9.79. The van der Waals surface area contributed by atoms with Crippen LogP contribution in [-0.2, 0) is 6.42 Å². The summed E-state index contributed by atoms with van der Waals surface area (Å²) in [5.41, 5.74) is 1.38. The number of hydrogen-bond donors (Lipinski definition) is 1. The molecule has 138 valence electrons. The van der Waals surface area contributed by atoms with E-state index in [4.69, 9.17) is 11.6 Å². The molecule has 1 unspecified atom stereocenters. The zero-order valence-electron chi connectivity index (χ0n) is 15.0. The first-order valence-electron chi connectivity index (χ1n) is 8.82. The number of nitrogens with one attached hydrogen (secondary N) is 1. The molecule has 0 amide bonds. The maximum Gasteiger partial charge on any atom is 0.330 e. The number of aromatic amines is 1. The SMILES string of the molecule is CC(C)n1c(=O)[nH]c(=O)c2c3c(cnc21)C(=O)CC(c1cccc(Cl)c1)C3. The van der Waals surface area contributed by atoms with Crippen LogP contribution in [0.5, 0.6) is 0 Å². The maximum atomic E-state index is 12.7. The van der Waals surface area contributed by atoms with E-state index in [0.717, 1.165) is 5.56 Å². The van der Waals surface area contributed by atoms with Crippen molar-refractivity contribution in [3.63, 3.8) is 0 Å². The van der Waals surface area contributed by atoms with E-state index in [9.17, 15) is 14.4 Å². The minimum Gasteiger partial charge on any atom is -0.294 e. The van der Waals surface area contributed by atoms with Gasteiger partial charge < -0.3 is 0 Å². The summed E-state index contributed by atoms with van der Waals surface area (Å²) in [6, 6.07) is 7.25. The summed E-state index contributed by atoms with van der Waals surface area (Å²) in [7, 11) is 0. The second-order valence-corrected chi connectivity index (χ2v) is 7.59. The molecule has 0 saturated heterocycles. The van der Waals surface area contributed by atoms with Crippen molar-refractivity contribution in [3.05, 3.63) is 73.0 Å². The van der Waals surface area contributed by atoms with Gasteiger partial charge in [-0.3, -0.25) is 19.1 Å². The van der Waals surface area contributed by atoms with E-state index < -0.39 is 11.2 Å². The van der Waals surface area contributed by atoms with Crippen LogP contribution in [0, 0.1) is 0 Å². The van der Waals surface area contributed by atoms with Crippen molar-refractivity contribution < 1.29 is 4.79 Å². The first-order valence-corrected chi connectivity index (χ1v) is 9.19. The first-order chi connectivity index (χ1) is 12.9. The zero-order chi connectivity index (χ0) is 19.3. The van der Waals surface area contributed by atoms with Gasteiger partial charge in [-0.2, -0.15) is 0 Å². The smallest absolute Gasteiger partial charge is 0.294 e. The highest BCUT2D eigenvalue weighted by molar-refractivity contribution is 6.30. The lowest BCUT2D eigenvalue weighted by Gasteiger charge is -2.25. The Morgan fingerprint density at radius 3 is 2.70 bits per heavy atom. The summed E-state index contributed by atoms with van der Waals surface area (Å²) in [5.74, 6) is -0.134. The molecule has 27 heavy (non-hydrogen) atoms. The van der Waals surface area contributed by atoms with Crippen LogP contribution in [0.3, 0.4) is 0 Å². The third-order valence-electron chi connectivity index (χ3n) is 5.08. The number of halogens is 1. The summed E-state index contributed by atoms with van der Waals surface area (Å²) in [6.07, 6.45) is 2.34. The van der Waals surface area contributed by atoms with Gasteiger partial charge in [-0.15, -0.1) is 0 Å². The van der Waals surface area contributed by atoms with E-state index >= 15 is 0 Å². The van der Waals surface area contributed by atoms with E-state index in [2.05, 4.69) is 9.97 Å². The van der Waals surface area contributed by atoms with Crippen LogP contribution >= 0.6 is 11.6 Å². The molecule has 4 rings (SSSR count). The number of H-pyrrole nitrogens is 1.